The van der Waals surface area contributed by atoms with Gasteiger partial charge in [-0.15, -0.1) is 0 Å². The lowest BCUT2D eigenvalue weighted by Gasteiger charge is -2.31. The third-order valence-electron chi connectivity index (χ3n) is 3.29. The molecule has 0 aliphatic carbocycles. The Kier molecular flexibility index (Phi) is 4.19. The number of piperidine rings is 1. The van der Waals surface area contributed by atoms with Crippen molar-refractivity contribution in [2.45, 2.75) is 26.7 Å². The third-order valence-corrected chi connectivity index (χ3v) is 3.29. The number of aromatic nitrogens is 2. The second-order valence-electron chi connectivity index (χ2n) is 4.70. The molecule has 0 atom stereocenters. The van der Waals surface area contributed by atoms with Crippen molar-refractivity contribution < 1.29 is 9.53 Å². The summed E-state index contributed by atoms with van der Waals surface area (Å²) < 4.78 is 5.03. The van der Waals surface area contributed by atoms with Gasteiger partial charge in [-0.3, -0.25) is 9.59 Å². The maximum absolute atomic E-state index is 11.6. The van der Waals surface area contributed by atoms with E-state index in [-0.39, 0.29) is 17.4 Å². The highest BCUT2D eigenvalue weighted by Gasteiger charge is 2.26. The smallest absolute Gasteiger partial charge is 0.309 e. The summed E-state index contributed by atoms with van der Waals surface area (Å²) in [5.74, 6) is 1.15. The lowest BCUT2D eigenvalue weighted by atomic mass is 9.97. The highest BCUT2D eigenvalue weighted by molar-refractivity contribution is 5.72. The number of ether oxygens (including phenoxy) is 1. The van der Waals surface area contributed by atoms with Crippen LogP contribution in [-0.2, 0) is 9.53 Å². The fraction of sp³-hybridized carbons (Fsp3) is 0.615. The first kappa shape index (κ1) is 13.6. The van der Waals surface area contributed by atoms with Gasteiger partial charge in [-0.25, -0.2) is 4.98 Å². The molecule has 1 aliphatic rings. The predicted molar refractivity (Wildman–Crippen MR) is 71.2 cm³/mol. The quantitative estimate of drug-likeness (QED) is 0.820. The average molecular weight is 265 g/mol. The minimum Gasteiger partial charge on any atom is -0.466 e. The van der Waals surface area contributed by atoms with Gasteiger partial charge in [0.15, 0.2) is 0 Å². The zero-order valence-corrected chi connectivity index (χ0v) is 11.3. The molecule has 0 unspecified atom stereocenters. The monoisotopic (exact) mass is 265 g/mol. The largest absolute Gasteiger partial charge is 0.466 e. The summed E-state index contributed by atoms with van der Waals surface area (Å²) in [6.45, 7) is 5.44. The molecule has 0 saturated carbocycles. The second kappa shape index (κ2) is 5.86. The third kappa shape index (κ3) is 3.33. The second-order valence-corrected chi connectivity index (χ2v) is 4.70. The molecule has 0 bridgehead atoms. The summed E-state index contributed by atoms with van der Waals surface area (Å²) in [7, 11) is 0. The van der Waals surface area contributed by atoms with E-state index < -0.39 is 0 Å². The lowest BCUT2D eigenvalue weighted by Crippen LogP contribution is -2.38. The van der Waals surface area contributed by atoms with E-state index in [1.807, 2.05) is 11.8 Å². The Morgan fingerprint density at radius 3 is 2.79 bits per heavy atom. The zero-order valence-electron chi connectivity index (χ0n) is 11.3. The van der Waals surface area contributed by atoms with Gasteiger partial charge in [0.05, 0.1) is 12.5 Å². The van der Waals surface area contributed by atoms with Gasteiger partial charge in [0, 0.05) is 19.2 Å². The minimum absolute atomic E-state index is 0.0284. The Hall–Kier alpha value is -1.85. The molecule has 6 nitrogen and oxygen atoms in total. The molecule has 1 aromatic rings. The van der Waals surface area contributed by atoms with Crippen LogP contribution in [0.3, 0.4) is 0 Å². The highest BCUT2D eigenvalue weighted by atomic mass is 16.5. The minimum atomic E-state index is -0.144. The molecule has 1 aromatic heterocycles. The van der Waals surface area contributed by atoms with Gasteiger partial charge in [0.1, 0.15) is 11.6 Å². The SMILES string of the molecule is CCOC(=O)C1CCN(c2cc(=O)[nH]c(C)n2)CC1. The van der Waals surface area contributed by atoms with E-state index in [1.54, 1.807) is 6.92 Å². The number of rotatable bonds is 3. The van der Waals surface area contributed by atoms with E-state index in [4.69, 9.17) is 4.74 Å². The number of hydrogen-bond donors (Lipinski definition) is 1. The topological polar surface area (TPSA) is 75.3 Å². The summed E-state index contributed by atoms with van der Waals surface area (Å²) in [4.78, 5) is 32.0. The Labute approximate surface area is 111 Å². The molecular weight excluding hydrogens is 246 g/mol. The van der Waals surface area contributed by atoms with Gasteiger partial charge in [0.25, 0.3) is 5.56 Å². The Morgan fingerprint density at radius 1 is 1.53 bits per heavy atom. The molecular formula is C13H19N3O3. The van der Waals surface area contributed by atoms with Gasteiger partial charge in [-0.2, -0.15) is 0 Å². The Balaban J connectivity index is 1.99. The van der Waals surface area contributed by atoms with Crippen molar-refractivity contribution in [3.8, 4) is 0 Å². The summed E-state index contributed by atoms with van der Waals surface area (Å²) in [5, 5.41) is 0. The molecule has 19 heavy (non-hydrogen) atoms. The summed E-state index contributed by atoms with van der Waals surface area (Å²) in [6.07, 6.45) is 1.48. The lowest BCUT2D eigenvalue weighted by molar-refractivity contribution is -0.148. The number of carbonyl (C=O) groups is 1. The molecule has 104 valence electrons. The van der Waals surface area contributed by atoms with E-state index in [9.17, 15) is 9.59 Å². The highest BCUT2D eigenvalue weighted by Crippen LogP contribution is 2.22. The van der Waals surface area contributed by atoms with Crippen molar-refractivity contribution in [3.05, 3.63) is 22.2 Å². The number of carbonyl (C=O) groups excluding carboxylic acids is 1. The molecule has 0 spiro atoms. The molecule has 2 rings (SSSR count). The summed E-state index contributed by atoms with van der Waals surface area (Å²) >= 11 is 0. The Bertz CT molecular complexity index is 504. The van der Waals surface area contributed by atoms with Gasteiger partial charge >= 0.3 is 5.97 Å². The average Bonchev–Trinajstić information content (AvgIpc) is 2.38. The zero-order chi connectivity index (χ0) is 13.8. The normalized spacial score (nSPS) is 16.4. The number of anilines is 1. The first-order valence-electron chi connectivity index (χ1n) is 6.59. The Morgan fingerprint density at radius 2 is 2.21 bits per heavy atom. The van der Waals surface area contributed by atoms with Crippen LogP contribution in [0.2, 0.25) is 0 Å². The fourth-order valence-electron chi connectivity index (χ4n) is 2.33. The van der Waals surface area contributed by atoms with Crippen LogP contribution >= 0.6 is 0 Å². The van der Waals surface area contributed by atoms with Crippen LogP contribution in [0, 0.1) is 12.8 Å². The van der Waals surface area contributed by atoms with Gasteiger partial charge in [0.2, 0.25) is 0 Å². The maximum Gasteiger partial charge on any atom is 0.309 e. The molecule has 0 amide bonds. The van der Waals surface area contributed by atoms with Gasteiger partial charge in [-0.05, 0) is 26.7 Å². The molecule has 1 saturated heterocycles. The molecule has 1 N–H and O–H groups in total. The van der Waals surface area contributed by atoms with Crippen LogP contribution in [-0.4, -0.2) is 35.6 Å². The molecule has 1 aliphatic heterocycles. The van der Waals surface area contributed by atoms with Crippen molar-refractivity contribution in [1.29, 1.82) is 0 Å². The predicted octanol–water partition coefficient (Wildman–Crippen LogP) is 0.858. The number of hydrogen-bond acceptors (Lipinski definition) is 5. The van der Waals surface area contributed by atoms with Crippen LogP contribution in [0.15, 0.2) is 10.9 Å². The van der Waals surface area contributed by atoms with Crippen molar-refractivity contribution >= 4 is 11.8 Å². The van der Waals surface area contributed by atoms with Crippen LogP contribution in [0.4, 0.5) is 5.82 Å². The number of nitrogens with one attached hydrogen (secondary N) is 1. The first-order chi connectivity index (χ1) is 9.10. The maximum atomic E-state index is 11.6. The number of nitrogens with zero attached hydrogens (tertiary/aromatic N) is 2. The van der Waals surface area contributed by atoms with E-state index in [0.717, 1.165) is 25.9 Å². The van der Waals surface area contributed by atoms with Crippen molar-refractivity contribution in [2.24, 2.45) is 5.92 Å². The summed E-state index contributed by atoms with van der Waals surface area (Å²) in [6, 6.07) is 1.50. The molecule has 2 heterocycles. The van der Waals surface area contributed by atoms with Crippen molar-refractivity contribution in [1.82, 2.24) is 9.97 Å². The molecule has 0 radical (unpaired) electrons. The summed E-state index contributed by atoms with van der Waals surface area (Å²) in [5.41, 5.74) is -0.144. The van der Waals surface area contributed by atoms with E-state index in [1.165, 1.54) is 6.07 Å². The standard InChI is InChI=1S/C13H19N3O3/c1-3-19-13(18)10-4-6-16(7-5-10)11-8-12(17)15-9(2)14-11/h8,10H,3-7H2,1-2H3,(H,14,15,17). The molecule has 6 heteroatoms. The number of aryl methyl sites for hydroxylation is 1. The van der Waals surface area contributed by atoms with Crippen LogP contribution in [0.5, 0.6) is 0 Å². The van der Waals surface area contributed by atoms with Crippen LogP contribution in [0.25, 0.3) is 0 Å². The number of H-pyrrole nitrogens is 1. The number of aromatic amines is 1. The van der Waals surface area contributed by atoms with E-state index in [2.05, 4.69) is 9.97 Å². The van der Waals surface area contributed by atoms with Gasteiger partial charge in [-0.1, -0.05) is 0 Å². The first-order valence-corrected chi connectivity index (χ1v) is 6.59. The van der Waals surface area contributed by atoms with Crippen molar-refractivity contribution in [2.75, 3.05) is 24.6 Å². The van der Waals surface area contributed by atoms with Crippen molar-refractivity contribution in [3.63, 3.8) is 0 Å². The molecule has 1 fully saturated rings. The van der Waals surface area contributed by atoms with Gasteiger partial charge < -0.3 is 14.6 Å². The number of esters is 1. The van der Waals surface area contributed by atoms with Crippen LogP contribution in [0.1, 0.15) is 25.6 Å². The van der Waals surface area contributed by atoms with Crippen LogP contribution < -0.4 is 10.5 Å². The van der Waals surface area contributed by atoms with E-state index in [0.29, 0.717) is 18.2 Å². The van der Waals surface area contributed by atoms with E-state index >= 15 is 0 Å². The fourth-order valence-corrected chi connectivity index (χ4v) is 2.33. The molecule has 0 aromatic carbocycles.